The van der Waals surface area contributed by atoms with Gasteiger partial charge in [-0.3, -0.25) is 4.57 Å². The van der Waals surface area contributed by atoms with Crippen LogP contribution in [0.1, 0.15) is 23.0 Å². The molecule has 142 valence electrons. The van der Waals surface area contributed by atoms with Crippen LogP contribution in [0.25, 0.3) is 0 Å². The maximum absolute atomic E-state index is 15.0. The van der Waals surface area contributed by atoms with Crippen molar-refractivity contribution in [2.45, 2.75) is 30.8 Å². The Morgan fingerprint density at radius 1 is 1.33 bits per heavy atom. The van der Waals surface area contributed by atoms with Crippen LogP contribution in [0.4, 0.5) is 14.6 Å². The predicted molar refractivity (Wildman–Crippen MR) is 88.1 cm³/mol. The fourth-order valence-corrected chi connectivity index (χ4v) is 2.76. The molecule has 0 amide bonds. The van der Waals surface area contributed by atoms with Crippen molar-refractivity contribution < 1.29 is 27.8 Å². The SMILES string of the molecule is Nc1ccn([C@@H]2O[C@H](CC=O)C(OC(=O)c3ccccc3)C2(F)F)c(=O)n1. The third-order valence-corrected chi connectivity index (χ3v) is 4.03. The number of aromatic nitrogens is 2. The number of hydrogen-bond donors (Lipinski definition) is 1. The van der Waals surface area contributed by atoms with Crippen molar-refractivity contribution in [3.63, 3.8) is 0 Å². The molecule has 3 rings (SSSR count). The minimum absolute atomic E-state index is 0.0629. The summed E-state index contributed by atoms with van der Waals surface area (Å²) in [6.45, 7) is 0. The van der Waals surface area contributed by atoms with Crippen molar-refractivity contribution in [1.29, 1.82) is 0 Å². The minimum atomic E-state index is -3.79. The summed E-state index contributed by atoms with van der Waals surface area (Å²) >= 11 is 0. The van der Waals surface area contributed by atoms with E-state index in [9.17, 15) is 23.2 Å². The first-order valence-corrected chi connectivity index (χ1v) is 7.92. The molecule has 0 bridgehead atoms. The highest BCUT2D eigenvalue weighted by Crippen LogP contribution is 2.44. The van der Waals surface area contributed by atoms with Gasteiger partial charge in [-0.05, 0) is 18.2 Å². The van der Waals surface area contributed by atoms with E-state index in [-0.39, 0.29) is 11.4 Å². The molecule has 0 saturated carbocycles. The Balaban J connectivity index is 1.93. The second-order valence-electron chi connectivity index (χ2n) is 5.84. The number of alkyl halides is 2. The van der Waals surface area contributed by atoms with E-state index in [0.29, 0.717) is 10.9 Å². The number of rotatable bonds is 5. The number of nitrogens with two attached hydrogens (primary N) is 1. The van der Waals surface area contributed by atoms with Crippen molar-refractivity contribution in [3.8, 4) is 0 Å². The third kappa shape index (κ3) is 3.56. The lowest BCUT2D eigenvalue weighted by Gasteiger charge is -2.24. The Labute approximate surface area is 151 Å². The van der Waals surface area contributed by atoms with E-state index in [1.165, 1.54) is 12.1 Å². The quantitative estimate of drug-likeness (QED) is 0.613. The molecule has 1 saturated heterocycles. The second kappa shape index (κ2) is 7.23. The van der Waals surface area contributed by atoms with E-state index in [1.54, 1.807) is 18.2 Å². The molecule has 2 N–H and O–H groups in total. The summed E-state index contributed by atoms with van der Waals surface area (Å²) in [5.41, 5.74) is 4.36. The molecule has 0 radical (unpaired) electrons. The molecule has 1 fully saturated rings. The van der Waals surface area contributed by atoms with Crippen LogP contribution >= 0.6 is 0 Å². The fourth-order valence-electron chi connectivity index (χ4n) is 2.76. The first-order chi connectivity index (χ1) is 12.8. The number of halogens is 2. The molecular weight excluding hydrogens is 364 g/mol. The molecule has 2 heterocycles. The van der Waals surface area contributed by atoms with Gasteiger partial charge in [0, 0.05) is 12.6 Å². The molecule has 1 aliphatic heterocycles. The minimum Gasteiger partial charge on any atom is -0.449 e. The number of nitrogens with zero attached hydrogens (tertiary/aromatic N) is 2. The maximum Gasteiger partial charge on any atom is 0.351 e. The largest absolute Gasteiger partial charge is 0.449 e. The molecule has 1 unspecified atom stereocenters. The van der Waals surface area contributed by atoms with Crippen molar-refractivity contribution in [2.24, 2.45) is 0 Å². The zero-order valence-corrected chi connectivity index (χ0v) is 13.8. The van der Waals surface area contributed by atoms with Crippen molar-refractivity contribution in [2.75, 3.05) is 5.73 Å². The van der Waals surface area contributed by atoms with E-state index >= 15 is 0 Å². The van der Waals surface area contributed by atoms with Gasteiger partial charge < -0.3 is 20.0 Å². The topological polar surface area (TPSA) is 114 Å². The van der Waals surface area contributed by atoms with Gasteiger partial charge in [0.25, 0.3) is 0 Å². The van der Waals surface area contributed by atoms with Crippen LogP contribution < -0.4 is 11.4 Å². The van der Waals surface area contributed by atoms with Gasteiger partial charge >= 0.3 is 17.6 Å². The molecule has 0 spiro atoms. The summed E-state index contributed by atoms with van der Waals surface area (Å²) in [5, 5.41) is 0. The Hall–Kier alpha value is -3.14. The molecule has 2 aromatic rings. The molecular formula is C17H15F2N3O5. The van der Waals surface area contributed by atoms with Crippen molar-refractivity contribution in [3.05, 3.63) is 58.6 Å². The number of esters is 1. The van der Waals surface area contributed by atoms with Gasteiger partial charge in [0.2, 0.25) is 6.23 Å². The average molecular weight is 379 g/mol. The van der Waals surface area contributed by atoms with E-state index in [0.717, 1.165) is 12.3 Å². The standard InChI is InChI=1S/C17H15F2N3O5/c18-17(19)13(27-14(24)10-4-2-1-3-5-10)11(7-9-23)26-15(17)22-8-6-12(20)21-16(22)25/h1-6,8-9,11,13,15H,7H2,(H2,20,21,25)/t11-,13?,15-/m1/s1. The number of nitrogen functional groups attached to an aromatic ring is 1. The molecule has 1 aromatic carbocycles. The third-order valence-electron chi connectivity index (χ3n) is 4.03. The Morgan fingerprint density at radius 2 is 2.04 bits per heavy atom. The van der Waals surface area contributed by atoms with Crippen LogP contribution in [0.2, 0.25) is 0 Å². The number of carbonyl (C=O) groups is 2. The molecule has 1 aromatic heterocycles. The van der Waals surface area contributed by atoms with Gasteiger partial charge in [0.1, 0.15) is 18.2 Å². The summed E-state index contributed by atoms with van der Waals surface area (Å²) in [5.74, 6) is -4.93. The van der Waals surface area contributed by atoms with Gasteiger partial charge in [0.15, 0.2) is 6.10 Å². The molecule has 8 nitrogen and oxygen atoms in total. The van der Waals surface area contributed by atoms with Gasteiger partial charge in [-0.25, -0.2) is 9.59 Å². The number of carbonyl (C=O) groups excluding carboxylic acids is 2. The normalized spacial score (nSPS) is 23.7. The van der Waals surface area contributed by atoms with Crippen LogP contribution in [0.3, 0.4) is 0 Å². The highest BCUT2D eigenvalue weighted by molar-refractivity contribution is 5.89. The summed E-state index contributed by atoms with van der Waals surface area (Å²) in [6, 6.07) is 8.69. The molecule has 0 aliphatic carbocycles. The Kier molecular flexibility index (Phi) is 5.00. The molecule has 10 heteroatoms. The van der Waals surface area contributed by atoms with E-state index < -0.39 is 42.4 Å². The summed E-state index contributed by atoms with van der Waals surface area (Å²) in [6.07, 6.45) is -4.67. The first-order valence-electron chi connectivity index (χ1n) is 7.92. The van der Waals surface area contributed by atoms with E-state index in [2.05, 4.69) is 4.98 Å². The number of aldehydes is 1. The second-order valence-corrected chi connectivity index (χ2v) is 5.84. The Morgan fingerprint density at radius 3 is 2.67 bits per heavy atom. The van der Waals surface area contributed by atoms with Crippen LogP contribution in [0.5, 0.6) is 0 Å². The van der Waals surface area contributed by atoms with Gasteiger partial charge in [0.05, 0.1) is 5.56 Å². The molecule has 3 atom stereocenters. The number of hydrogen-bond acceptors (Lipinski definition) is 7. The first kappa shape index (κ1) is 18.6. The van der Waals surface area contributed by atoms with Crippen LogP contribution in [0.15, 0.2) is 47.4 Å². The molecule has 1 aliphatic rings. The van der Waals surface area contributed by atoms with Crippen LogP contribution in [-0.4, -0.2) is 39.9 Å². The smallest absolute Gasteiger partial charge is 0.351 e. The summed E-state index contributed by atoms with van der Waals surface area (Å²) in [4.78, 5) is 38.4. The lowest BCUT2D eigenvalue weighted by molar-refractivity contribution is -0.142. The zero-order valence-electron chi connectivity index (χ0n) is 13.8. The predicted octanol–water partition coefficient (Wildman–Crippen LogP) is 1.17. The fraction of sp³-hybridized carbons (Fsp3) is 0.294. The summed E-state index contributed by atoms with van der Waals surface area (Å²) < 4.78 is 40.6. The van der Waals surface area contributed by atoms with Crippen molar-refractivity contribution >= 4 is 18.1 Å². The van der Waals surface area contributed by atoms with Crippen molar-refractivity contribution in [1.82, 2.24) is 9.55 Å². The lowest BCUT2D eigenvalue weighted by Crippen LogP contribution is -2.44. The van der Waals surface area contributed by atoms with Gasteiger partial charge in [-0.2, -0.15) is 13.8 Å². The zero-order chi connectivity index (χ0) is 19.6. The number of benzene rings is 1. The summed E-state index contributed by atoms with van der Waals surface area (Å²) in [7, 11) is 0. The van der Waals surface area contributed by atoms with E-state index in [4.69, 9.17) is 15.2 Å². The highest BCUT2D eigenvalue weighted by Gasteiger charge is 2.62. The highest BCUT2D eigenvalue weighted by atomic mass is 19.3. The van der Waals surface area contributed by atoms with Gasteiger partial charge in [-0.1, -0.05) is 18.2 Å². The Bertz CT molecular complexity index is 903. The number of ether oxygens (including phenoxy) is 2. The van der Waals surface area contributed by atoms with E-state index in [1.807, 2.05) is 0 Å². The maximum atomic E-state index is 15.0. The number of anilines is 1. The molecule has 27 heavy (non-hydrogen) atoms. The van der Waals surface area contributed by atoms with Crippen LogP contribution in [0, 0.1) is 0 Å². The van der Waals surface area contributed by atoms with Crippen LogP contribution in [-0.2, 0) is 14.3 Å². The van der Waals surface area contributed by atoms with Gasteiger partial charge in [-0.15, -0.1) is 0 Å². The lowest BCUT2D eigenvalue weighted by atomic mass is 10.1. The monoisotopic (exact) mass is 379 g/mol. The average Bonchev–Trinajstić information content (AvgIpc) is 2.87.